The first kappa shape index (κ1) is 21.5. The predicted octanol–water partition coefficient (Wildman–Crippen LogP) is 3.70. The summed E-state index contributed by atoms with van der Waals surface area (Å²) < 4.78 is 41.4. The topological polar surface area (TPSA) is 57.7 Å². The Morgan fingerprint density at radius 2 is 1.83 bits per heavy atom. The minimum absolute atomic E-state index is 0.0210. The molecule has 1 aliphatic heterocycles. The van der Waals surface area contributed by atoms with Crippen LogP contribution < -0.4 is 0 Å². The lowest BCUT2D eigenvalue weighted by Crippen LogP contribution is -2.37. The molecular weight excluding hydrogens is 391 g/mol. The number of nitrogens with zero attached hydrogens (tertiary/aromatic N) is 2. The molecule has 1 amide bonds. The molecule has 2 aromatic rings. The second kappa shape index (κ2) is 9.05. The minimum Gasteiger partial charge on any atom is -0.335 e. The number of halogens is 1. The summed E-state index contributed by atoms with van der Waals surface area (Å²) in [5, 5.41) is 0. The van der Waals surface area contributed by atoms with Crippen molar-refractivity contribution in [2.24, 2.45) is 0 Å². The van der Waals surface area contributed by atoms with Crippen LogP contribution in [-0.4, -0.2) is 49.2 Å². The number of carbonyl (C=O) groups is 1. The normalized spacial score (nSPS) is 17.1. The summed E-state index contributed by atoms with van der Waals surface area (Å²) in [6, 6.07) is 13.3. The van der Waals surface area contributed by atoms with E-state index in [0.29, 0.717) is 26.1 Å². The van der Waals surface area contributed by atoms with E-state index in [9.17, 15) is 17.6 Å². The first-order chi connectivity index (χ1) is 13.9. The fourth-order valence-electron chi connectivity index (χ4n) is 3.90. The molecule has 5 nitrogen and oxygen atoms in total. The molecule has 1 unspecified atom stereocenters. The predicted molar refractivity (Wildman–Crippen MR) is 111 cm³/mol. The van der Waals surface area contributed by atoms with E-state index >= 15 is 0 Å². The molecule has 1 aliphatic rings. The smallest absolute Gasteiger partial charge is 0.257 e. The number of likely N-dealkylation sites (tertiary alicyclic amines) is 1. The molecule has 0 radical (unpaired) electrons. The van der Waals surface area contributed by atoms with Gasteiger partial charge in [-0.2, -0.15) is 4.31 Å². The van der Waals surface area contributed by atoms with E-state index in [0.717, 1.165) is 24.5 Å². The summed E-state index contributed by atoms with van der Waals surface area (Å²) in [5.41, 5.74) is 0.939. The van der Waals surface area contributed by atoms with Gasteiger partial charge in [-0.1, -0.05) is 44.2 Å². The van der Waals surface area contributed by atoms with Crippen LogP contribution in [0.25, 0.3) is 0 Å². The molecule has 3 rings (SSSR count). The number of benzene rings is 2. The van der Waals surface area contributed by atoms with Crippen LogP contribution in [0.2, 0.25) is 0 Å². The first-order valence-corrected chi connectivity index (χ1v) is 11.5. The molecule has 0 bridgehead atoms. The Kier molecular flexibility index (Phi) is 6.70. The summed E-state index contributed by atoms with van der Waals surface area (Å²) in [6.07, 6.45) is 2.40. The average molecular weight is 419 g/mol. The van der Waals surface area contributed by atoms with Crippen LogP contribution in [-0.2, 0) is 16.4 Å². The monoisotopic (exact) mass is 418 g/mol. The summed E-state index contributed by atoms with van der Waals surface area (Å²) in [4.78, 5) is 14.8. The van der Waals surface area contributed by atoms with Gasteiger partial charge in [-0.15, -0.1) is 0 Å². The zero-order valence-electron chi connectivity index (χ0n) is 16.8. The summed E-state index contributed by atoms with van der Waals surface area (Å²) in [7, 11) is -3.76. The molecule has 2 aromatic carbocycles. The van der Waals surface area contributed by atoms with Crippen LogP contribution in [0.3, 0.4) is 0 Å². The van der Waals surface area contributed by atoms with Gasteiger partial charge in [0, 0.05) is 25.7 Å². The van der Waals surface area contributed by atoms with E-state index in [2.05, 4.69) is 0 Å². The number of hydrogen-bond acceptors (Lipinski definition) is 3. The van der Waals surface area contributed by atoms with Gasteiger partial charge in [0.1, 0.15) is 5.82 Å². The molecule has 0 N–H and O–H groups in total. The van der Waals surface area contributed by atoms with Crippen molar-refractivity contribution in [2.45, 2.75) is 44.0 Å². The quantitative estimate of drug-likeness (QED) is 0.689. The van der Waals surface area contributed by atoms with Crippen molar-refractivity contribution in [2.75, 3.05) is 19.6 Å². The van der Waals surface area contributed by atoms with Crippen LogP contribution in [0, 0.1) is 5.82 Å². The number of sulfonamides is 1. The van der Waals surface area contributed by atoms with E-state index in [1.165, 1.54) is 16.4 Å². The molecule has 7 heteroatoms. The highest BCUT2D eigenvalue weighted by Crippen LogP contribution is 2.26. The van der Waals surface area contributed by atoms with Crippen molar-refractivity contribution in [3.05, 3.63) is 65.5 Å². The van der Waals surface area contributed by atoms with Gasteiger partial charge in [0.2, 0.25) is 10.0 Å². The van der Waals surface area contributed by atoms with Crippen molar-refractivity contribution in [3.63, 3.8) is 0 Å². The van der Waals surface area contributed by atoms with Gasteiger partial charge in [-0.25, -0.2) is 12.8 Å². The van der Waals surface area contributed by atoms with Crippen molar-refractivity contribution in [1.29, 1.82) is 0 Å². The summed E-state index contributed by atoms with van der Waals surface area (Å²) in [5.74, 6) is -1.14. The van der Waals surface area contributed by atoms with Crippen LogP contribution in [0.5, 0.6) is 0 Å². The summed E-state index contributed by atoms with van der Waals surface area (Å²) >= 11 is 0. The van der Waals surface area contributed by atoms with E-state index in [1.54, 1.807) is 18.7 Å². The molecule has 1 saturated heterocycles. The highest BCUT2D eigenvalue weighted by molar-refractivity contribution is 7.89. The molecule has 0 spiro atoms. The lowest BCUT2D eigenvalue weighted by atomic mass is 10.0. The minimum atomic E-state index is -3.76. The van der Waals surface area contributed by atoms with Crippen molar-refractivity contribution in [1.82, 2.24) is 9.21 Å². The van der Waals surface area contributed by atoms with Gasteiger partial charge >= 0.3 is 0 Å². The third-order valence-electron chi connectivity index (χ3n) is 5.46. The lowest BCUT2D eigenvalue weighted by Gasteiger charge is -2.25. The van der Waals surface area contributed by atoms with E-state index in [-0.39, 0.29) is 16.5 Å². The van der Waals surface area contributed by atoms with Gasteiger partial charge in [0.25, 0.3) is 5.91 Å². The molecule has 1 fully saturated rings. The molecular formula is C22H27FN2O3S. The molecule has 0 aromatic heterocycles. The SMILES string of the molecule is CCN(CC)S(=O)(=O)c1ccc(F)c(C(=O)N2CCCC2Cc2ccccc2)c1. The Morgan fingerprint density at radius 1 is 1.14 bits per heavy atom. The van der Waals surface area contributed by atoms with E-state index < -0.39 is 21.7 Å². The van der Waals surface area contributed by atoms with E-state index in [1.807, 2.05) is 30.3 Å². The first-order valence-electron chi connectivity index (χ1n) is 10.0. The molecule has 0 saturated carbocycles. The van der Waals surface area contributed by atoms with E-state index in [4.69, 9.17) is 0 Å². The standard InChI is InChI=1S/C22H27FN2O3S/c1-3-24(4-2)29(27,28)19-12-13-21(23)20(16-19)22(26)25-14-8-11-18(25)15-17-9-6-5-7-10-17/h5-7,9-10,12-13,16,18H,3-4,8,11,14-15H2,1-2H3. The van der Waals surface area contributed by atoms with Crippen LogP contribution in [0.4, 0.5) is 4.39 Å². The Morgan fingerprint density at radius 3 is 2.48 bits per heavy atom. The maximum absolute atomic E-state index is 14.5. The molecule has 1 atom stereocenters. The average Bonchev–Trinajstić information content (AvgIpc) is 3.17. The largest absolute Gasteiger partial charge is 0.335 e. The molecule has 156 valence electrons. The highest BCUT2D eigenvalue weighted by atomic mass is 32.2. The van der Waals surface area contributed by atoms with Crippen molar-refractivity contribution >= 4 is 15.9 Å². The van der Waals surface area contributed by atoms with Gasteiger partial charge in [-0.05, 0) is 43.0 Å². The molecule has 29 heavy (non-hydrogen) atoms. The Hall–Kier alpha value is -2.25. The maximum atomic E-state index is 14.5. The molecule has 0 aliphatic carbocycles. The number of hydrogen-bond donors (Lipinski definition) is 0. The maximum Gasteiger partial charge on any atom is 0.257 e. The van der Waals surface area contributed by atoms with Gasteiger partial charge in [-0.3, -0.25) is 4.79 Å². The number of amides is 1. The van der Waals surface area contributed by atoms with Gasteiger partial charge in [0.15, 0.2) is 0 Å². The fraction of sp³-hybridized carbons (Fsp3) is 0.409. The lowest BCUT2D eigenvalue weighted by molar-refractivity contribution is 0.0731. The van der Waals surface area contributed by atoms with Crippen molar-refractivity contribution in [3.8, 4) is 0 Å². The second-order valence-corrected chi connectivity index (χ2v) is 9.15. The van der Waals surface area contributed by atoms with Crippen LogP contribution in [0.1, 0.15) is 42.6 Å². The van der Waals surface area contributed by atoms with Gasteiger partial charge < -0.3 is 4.90 Å². The summed E-state index contributed by atoms with van der Waals surface area (Å²) in [6.45, 7) is 4.66. The zero-order chi connectivity index (χ0) is 21.0. The van der Waals surface area contributed by atoms with Crippen molar-refractivity contribution < 1.29 is 17.6 Å². The van der Waals surface area contributed by atoms with Crippen LogP contribution in [0.15, 0.2) is 53.4 Å². The molecule has 1 heterocycles. The Balaban J connectivity index is 1.88. The Labute approximate surface area is 172 Å². The zero-order valence-corrected chi connectivity index (χ0v) is 17.7. The fourth-order valence-corrected chi connectivity index (χ4v) is 5.38. The highest BCUT2D eigenvalue weighted by Gasteiger charge is 2.32. The second-order valence-electron chi connectivity index (χ2n) is 7.22. The third-order valence-corrected chi connectivity index (χ3v) is 7.51. The van der Waals surface area contributed by atoms with Crippen LogP contribution >= 0.6 is 0 Å². The third kappa shape index (κ3) is 4.51. The Bertz CT molecular complexity index is 959. The number of carbonyl (C=O) groups excluding carboxylic acids is 1. The van der Waals surface area contributed by atoms with Gasteiger partial charge in [0.05, 0.1) is 10.5 Å². The number of rotatable bonds is 7.